The van der Waals surface area contributed by atoms with Crippen molar-refractivity contribution in [3.05, 3.63) is 28.8 Å². The van der Waals surface area contributed by atoms with E-state index in [0.29, 0.717) is 16.3 Å². The van der Waals surface area contributed by atoms with E-state index in [1.54, 1.807) is 18.2 Å². The molecule has 0 aliphatic heterocycles. The molecule has 0 saturated heterocycles. The van der Waals surface area contributed by atoms with Crippen LogP contribution in [-0.4, -0.2) is 19.6 Å². The fourth-order valence-electron chi connectivity index (χ4n) is 1.25. The van der Waals surface area contributed by atoms with Crippen LogP contribution in [0.2, 0.25) is 5.02 Å². The normalized spacial score (nSPS) is 12.9. The Morgan fingerprint density at radius 3 is 2.67 bits per heavy atom. The van der Waals surface area contributed by atoms with Crippen LogP contribution in [0.25, 0.3) is 0 Å². The summed E-state index contributed by atoms with van der Waals surface area (Å²) >= 11 is 5.75. The van der Waals surface area contributed by atoms with Crippen molar-refractivity contribution in [3.63, 3.8) is 0 Å². The summed E-state index contributed by atoms with van der Waals surface area (Å²) in [6, 6.07) is 3.66. The molecular weight excluding hydrogens is 224 g/mol. The van der Waals surface area contributed by atoms with Gasteiger partial charge in [0.2, 0.25) is 0 Å². The second kappa shape index (κ2) is 5.28. The number of ether oxygens (including phenoxy) is 1. The van der Waals surface area contributed by atoms with E-state index in [-0.39, 0.29) is 6.42 Å². The van der Waals surface area contributed by atoms with Gasteiger partial charge >= 0.3 is 0 Å². The lowest BCUT2D eigenvalue weighted by atomic mass is 10.1. The molecule has 0 saturated carbocycles. The third kappa shape index (κ3) is 3.32. The Bertz CT molecular complexity index is 333. The minimum Gasteiger partial charge on any atom is -0.496 e. The summed E-state index contributed by atoms with van der Waals surface area (Å²) in [5, 5.41) is 0.479. The summed E-state index contributed by atoms with van der Waals surface area (Å²) in [6.45, 7) is 0. The number of hydrogen-bond donors (Lipinski definition) is 1. The minimum absolute atomic E-state index is 0.0431. The van der Waals surface area contributed by atoms with Crippen molar-refractivity contribution in [2.24, 2.45) is 5.73 Å². The second-order valence-electron chi connectivity index (χ2n) is 3.16. The molecule has 0 amide bonds. The molecule has 1 aromatic rings. The largest absolute Gasteiger partial charge is 0.496 e. The van der Waals surface area contributed by atoms with E-state index in [0.717, 1.165) is 0 Å². The van der Waals surface area contributed by atoms with E-state index in [4.69, 9.17) is 22.1 Å². The van der Waals surface area contributed by atoms with Gasteiger partial charge in [-0.25, -0.2) is 8.78 Å². The summed E-state index contributed by atoms with van der Waals surface area (Å²) in [5.41, 5.74) is 5.87. The maximum atomic E-state index is 12.3. The van der Waals surface area contributed by atoms with Gasteiger partial charge in [0.15, 0.2) is 0 Å². The minimum atomic E-state index is -2.55. The third-order valence-electron chi connectivity index (χ3n) is 2.02. The second-order valence-corrected chi connectivity index (χ2v) is 3.60. The van der Waals surface area contributed by atoms with Crippen molar-refractivity contribution in [2.75, 3.05) is 7.11 Å². The van der Waals surface area contributed by atoms with Crippen LogP contribution in [0.5, 0.6) is 5.75 Å². The first kappa shape index (κ1) is 12.2. The van der Waals surface area contributed by atoms with Gasteiger partial charge < -0.3 is 10.5 Å². The predicted molar refractivity (Wildman–Crippen MR) is 55.7 cm³/mol. The molecule has 1 rings (SSSR count). The van der Waals surface area contributed by atoms with Crippen LogP contribution in [0.4, 0.5) is 8.78 Å². The molecule has 1 unspecified atom stereocenters. The number of nitrogens with two attached hydrogens (primary N) is 1. The molecule has 0 spiro atoms. The quantitative estimate of drug-likeness (QED) is 0.870. The molecule has 0 aliphatic carbocycles. The highest BCUT2D eigenvalue weighted by atomic mass is 35.5. The molecule has 0 heterocycles. The molecule has 2 nitrogen and oxygen atoms in total. The van der Waals surface area contributed by atoms with Crippen LogP contribution in [0.15, 0.2) is 18.2 Å². The average molecular weight is 236 g/mol. The molecule has 0 bridgehead atoms. The highest BCUT2D eigenvalue weighted by Crippen LogP contribution is 2.24. The van der Waals surface area contributed by atoms with Crippen molar-refractivity contribution in [1.29, 1.82) is 0 Å². The first-order chi connectivity index (χ1) is 7.04. The number of halogens is 3. The summed E-state index contributed by atoms with van der Waals surface area (Å²) in [6.07, 6.45) is -2.50. The monoisotopic (exact) mass is 235 g/mol. The molecule has 84 valence electrons. The zero-order valence-electron chi connectivity index (χ0n) is 8.21. The molecular formula is C10H12ClF2NO. The number of hydrogen-bond acceptors (Lipinski definition) is 2. The Kier molecular flexibility index (Phi) is 4.29. The van der Waals surface area contributed by atoms with Crippen LogP contribution in [0.1, 0.15) is 5.56 Å². The summed E-state index contributed by atoms with van der Waals surface area (Å²) < 4.78 is 29.5. The van der Waals surface area contributed by atoms with E-state index >= 15 is 0 Å². The Morgan fingerprint density at radius 2 is 2.13 bits per heavy atom. The highest BCUT2D eigenvalue weighted by molar-refractivity contribution is 6.30. The van der Waals surface area contributed by atoms with Gasteiger partial charge in [-0.05, 0) is 30.2 Å². The van der Waals surface area contributed by atoms with Crippen LogP contribution in [0.3, 0.4) is 0 Å². The van der Waals surface area contributed by atoms with Gasteiger partial charge in [-0.3, -0.25) is 0 Å². The summed E-state index contributed by atoms with van der Waals surface area (Å²) in [7, 11) is 1.47. The first-order valence-electron chi connectivity index (χ1n) is 4.40. The first-order valence-corrected chi connectivity index (χ1v) is 4.78. The van der Waals surface area contributed by atoms with Gasteiger partial charge in [-0.15, -0.1) is 0 Å². The maximum absolute atomic E-state index is 12.3. The average Bonchev–Trinajstić information content (AvgIpc) is 2.18. The predicted octanol–water partition coefficient (Wildman–Crippen LogP) is 2.48. The molecule has 0 radical (unpaired) electrons. The molecule has 0 aromatic heterocycles. The Morgan fingerprint density at radius 1 is 1.47 bits per heavy atom. The lowest BCUT2D eigenvalue weighted by Crippen LogP contribution is -2.31. The zero-order chi connectivity index (χ0) is 11.4. The smallest absolute Gasteiger partial charge is 0.253 e. The number of rotatable bonds is 4. The summed E-state index contributed by atoms with van der Waals surface area (Å²) in [5.74, 6) is 0.524. The molecule has 0 fully saturated rings. The van der Waals surface area contributed by atoms with Gasteiger partial charge in [0.05, 0.1) is 13.2 Å². The van der Waals surface area contributed by atoms with E-state index < -0.39 is 12.5 Å². The van der Waals surface area contributed by atoms with Crippen molar-refractivity contribution in [3.8, 4) is 5.75 Å². The van der Waals surface area contributed by atoms with E-state index in [2.05, 4.69) is 0 Å². The third-order valence-corrected chi connectivity index (χ3v) is 2.26. The summed E-state index contributed by atoms with van der Waals surface area (Å²) in [4.78, 5) is 0. The van der Waals surface area contributed by atoms with Gasteiger partial charge in [0.25, 0.3) is 6.43 Å². The SMILES string of the molecule is COc1ccc(Cl)cc1CC(N)C(F)F. The zero-order valence-corrected chi connectivity index (χ0v) is 8.97. The van der Waals surface area contributed by atoms with Crippen molar-refractivity contribution >= 4 is 11.6 Å². The number of alkyl halides is 2. The molecule has 15 heavy (non-hydrogen) atoms. The Balaban J connectivity index is 2.87. The molecule has 1 atom stereocenters. The Labute approximate surface area is 92.0 Å². The van der Waals surface area contributed by atoms with Gasteiger partial charge in [0.1, 0.15) is 5.75 Å². The van der Waals surface area contributed by atoms with Crippen LogP contribution >= 0.6 is 11.6 Å². The maximum Gasteiger partial charge on any atom is 0.253 e. The van der Waals surface area contributed by atoms with E-state index in [1.165, 1.54) is 7.11 Å². The van der Waals surface area contributed by atoms with E-state index in [9.17, 15) is 8.78 Å². The van der Waals surface area contributed by atoms with Crippen molar-refractivity contribution < 1.29 is 13.5 Å². The molecule has 5 heteroatoms. The van der Waals surface area contributed by atoms with Crippen LogP contribution in [-0.2, 0) is 6.42 Å². The molecule has 0 aliphatic rings. The lowest BCUT2D eigenvalue weighted by molar-refractivity contribution is 0.115. The highest BCUT2D eigenvalue weighted by Gasteiger charge is 2.17. The van der Waals surface area contributed by atoms with Crippen LogP contribution < -0.4 is 10.5 Å². The number of benzene rings is 1. The van der Waals surface area contributed by atoms with Gasteiger partial charge in [-0.2, -0.15) is 0 Å². The van der Waals surface area contributed by atoms with Crippen LogP contribution in [0, 0.1) is 0 Å². The standard InChI is InChI=1S/C10H12ClF2NO/c1-15-9-3-2-7(11)4-6(9)5-8(14)10(12)13/h2-4,8,10H,5,14H2,1H3. The van der Waals surface area contributed by atoms with Crippen molar-refractivity contribution in [2.45, 2.75) is 18.9 Å². The van der Waals surface area contributed by atoms with E-state index in [1.807, 2.05) is 0 Å². The lowest BCUT2D eigenvalue weighted by Gasteiger charge is -2.13. The topological polar surface area (TPSA) is 35.2 Å². The number of methoxy groups -OCH3 is 1. The Hall–Kier alpha value is -0.870. The van der Waals surface area contributed by atoms with Gasteiger partial charge in [-0.1, -0.05) is 11.6 Å². The van der Waals surface area contributed by atoms with Crippen molar-refractivity contribution in [1.82, 2.24) is 0 Å². The molecule has 2 N–H and O–H groups in total. The fourth-order valence-corrected chi connectivity index (χ4v) is 1.44. The fraction of sp³-hybridized carbons (Fsp3) is 0.400. The van der Waals surface area contributed by atoms with Gasteiger partial charge in [0, 0.05) is 5.02 Å². The molecule has 1 aromatic carbocycles.